The van der Waals surface area contributed by atoms with Gasteiger partial charge in [0.2, 0.25) is 10.0 Å². The lowest BCUT2D eigenvalue weighted by molar-refractivity contribution is 0.538. The highest BCUT2D eigenvalue weighted by atomic mass is 32.2. The number of hydrogen-bond acceptors (Lipinski definition) is 4. The van der Waals surface area contributed by atoms with Gasteiger partial charge >= 0.3 is 0 Å². The molecule has 0 bridgehead atoms. The van der Waals surface area contributed by atoms with Crippen molar-refractivity contribution in [2.75, 3.05) is 0 Å². The number of nitrogens with two attached hydrogens (primary N) is 1. The molecular formula is C14H20N4O2S. The first kappa shape index (κ1) is 15.7. The molecule has 6 nitrogen and oxygen atoms in total. The summed E-state index contributed by atoms with van der Waals surface area (Å²) in [5.41, 5.74) is 7.23. The summed E-state index contributed by atoms with van der Waals surface area (Å²) < 4.78 is 27.2. The summed E-state index contributed by atoms with van der Waals surface area (Å²) in [6, 6.07) is 6.92. The molecule has 0 fully saturated rings. The summed E-state index contributed by atoms with van der Waals surface area (Å²) in [7, 11) is -3.43. The topological polar surface area (TPSA) is 101 Å². The average molecular weight is 308 g/mol. The summed E-state index contributed by atoms with van der Waals surface area (Å²) in [6.45, 7) is 2.35. The minimum Gasteiger partial charge on any atom is -0.347 e. The molecule has 2 rings (SSSR count). The van der Waals surface area contributed by atoms with Crippen LogP contribution in [0.25, 0.3) is 0 Å². The van der Waals surface area contributed by atoms with Crippen molar-refractivity contribution in [2.45, 2.75) is 31.7 Å². The van der Waals surface area contributed by atoms with Gasteiger partial charge in [-0.05, 0) is 17.5 Å². The van der Waals surface area contributed by atoms with Crippen molar-refractivity contribution in [3.63, 3.8) is 0 Å². The second-order valence-electron chi connectivity index (χ2n) is 4.83. The van der Waals surface area contributed by atoms with E-state index in [-0.39, 0.29) is 11.8 Å². The van der Waals surface area contributed by atoms with Crippen LogP contribution < -0.4 is 10.5 Å². The molecule has 0 saturated carbocycles. The smallest absolute Gasteiger partial charge is 0.216 e. The van der Waals surface area contributed by atoms with Crippen LogP contribution in [-0.4, -0.2) is 18.4 Å². The monoisotopic (exact) mass is 308 g/mol. The number of benzene rings is 1. The Bertz CT molecular complexity index is 651. The van der Waals surface area contributed by atoms with Crippen LogP contribution in [0.15, 0.2) is 36.7 Å². The van der Waals surface area contributed by atoms with Gasteiger partial charge in [0, 0.05) is 18.9 Å². The maximum absolute atomic E-state index is 12.2. The Balaban J connectivity index is 2.06. The molecule has 114 valence electrons. The zero-order valence-corrected chi connectivity index (χ0v) is 12.7. The summed E-state index contributed by atoms with van der Waals surface area (Å²) in [5, 5.41) is 0. The third kappa shape index (κ3) is 4.38. The van der Waals surface area contributed by atoms with Gasteiger partial charge in [0.1, 0.15) is 5.82 Å². The van der Waals surface area contributed by atoms with Crippen molar-refractivity contribution >= 4 is 10.0 Å². The number of nitrogens with one attached hydrogen (secondary N) is 2. The first-order valence-corrected chi connectivity index (χ1v) is 8.46. The van der Waals surface area contributed by atoms with Gasteiger partial charge in [0.05, 0.1) is 11.8 Å². The van der Waals surface area contributed by atoms with Crippen LogP contribution in [0, 0.1) is 0 Å². The fourth-order valence-corrected chi connectivity index (χ4v) is 3.48. The van der Waals surface area contributed by atoms with E-state index >= 15 is 0 Å². The van der Waals surface area contributed by atoms with Gasteiger partial charge in [-0.25, -0.2) is 18.1 Å². The van der Waals surface area contributed by atoms with Gasteiger partial charge in [0.15, 0.2) is 0 Å². The molecule has 2 aromatic rings. The maximum Gasteiger partial charge on any atom is 0.216 e. The third-order valence-corrected chi connectivity index (χ3v) is 4.55. The minimum atomic E-state index is -3.43. The van der Waals surface area contributed by atoms with E-state index in [0.717, 1.165) is 11.1 Å². The highest BCUT2D eigenvalue weighted by molar-refractivity contribution is 7.88. The van der Waals surface area contributed by atoms with E-state index in [2.05, 4.69) is 14.7 Å². The number of sulfonamides is 1. The fraction of sp³-hybridized carbons (Fsp3) is 0.357. The summed E-state index contributed by atoms with van der Waals surface area (Å²) in [6.07, 6.45) is 3.91. The Morgan fingerprint density at radius 3 is 2.48 bits per heavy atom. The molecule has 1 unspecified atom stereocenters. The number of nitrogens with zero attached hydrogens (tertiary/aromatic N) is 1. The van der Waals surface area contributed by atoms with Crippen molar-refractivity contribution in [3.8, 4) is 0 Å². The van der Waals surface area contributed by atoms with E-state index in [1.165, 1.54) is 0 Å². The molecule has 0 amide bonds. The Labute approximate surface area is 124 Å². The van der Waals surface area contributed by atoms with Crippen LogP contribution in [-0.2, 0) is 22.3 Å². The van der Waals surface area contributed by atoms with Crippen LogP contribution in [0.3, 0.4) is 0 Å². The largest absolute Gasteiger partial charge is 0.347 e. The maximum atomic E-state index is 12.2. The lowest BCUT2D eigenvalue weighted by Gasteiger charge is -2.15. The van der Waals surface area contributed by atoms with E-state index in [0.29, 0.717) is 18.8 Å². The molecule has 0 saturated heterocycles. The summed E-state index contributed by atoms with van der Waals surface area (Å²) in [5.74, 6) is 0.564. The molecule has 0 aliphatic heterocycles. The van der Waals surface area contributed by atoms with Crippen LogP contribution in [0.4, 0.5) is 0 Å². The normalized spacial score (nSPS) is 13.2. The molecule has 0 aliphatic carbocycles. The lowest BCUT2D eigenvalue weighted by atomic mass is 10.1. The van der Waals surface area contributed by atoms with E-state index in [1.807, 2.05) is 19.1 Å². The van der Waals surface area contributed by atoms with Crippen LogP contribution in [0.2, 0.25) is 0 Å². The Kier molecular flexibility index (Phi) is 5.11. The number of aromatic nitrogens is 2. The first-order valence-electron chi connectivity index (χ1n) is 6.81. The Morgan fingerprint density at radius 2 is 1.95 bits per heavy atom. The molecule has 0 aliphatic rings. The fourth-order valence-electron chi connectivity index (χ4n) is 2.05. The molecule has 0 radical (unpaired) electrons. The van der Waals surface area contributed by atoms with Gasteiger partial charge < -0.3 is 10.7 Å². The first-order chi connectivity index (χ1) is 10.0. The van der Waals surface area contributed by atoms with Gasteiger partial charge in [0.25, 0.3) is 0 Å². The van der Waals surface area contributed by atoms with Crippen molar-refractivity contribution < 1.29 is 8.42 Å². The third-order valence-electron chi connectivity index (χ3n) is 3.19. The van der Waals surface area contributed by atoms with Gasteiger partial charge in [-0.3, -0.25) is 0 Å². The zero-order valence-electron chi connectivity index (χ0n) is 11.9. The van der Waals surface area contributed by atoms with E-state index < -0.39 is 10.0 Å². The predicted octanol–water partition coefficient (Wildman–Crippen LogP) is 1.44. The van der Waals surface area contributed by atoms with Gasteiger partial charge in [-0.1, -0.05) is 31.2 Å². The molecule has 1 aromatic carbocycles. The van der Waals surface area contributed by atoms with Crippen molar-refractivity contribution in [3.05, 3.63) is 53.6 Å². The van der Waals surface area contributed by atoms with Crippen LogP contribution >= 0.6 is 0 Å². The van der Waals surface area contributed by atoms with E-state index in [9.17, 15) is 8.42 Å². The van der Waals surface area contributed by atoms with Crippen LogP contribution in [0.5, 0.6) is 0 Å². The Hall–Kier alpha value is -1.70. The van der Waals surface area contributed by atoms with Crippen molar-refractivity contribution in [2.24, 2.45) is 5.73 Å². The second-order valence-corrected chi connectivity index (χ2v) is 6.59. The van der Waals surface area contributed by atoms with E-state index in [1.54, 1.807) is 24.5 Å². The quantitative estimate of drug-likeness (QED) is 0.720. The number of imidazole rings is 1. The van der Waals surface area contributed by atoms with Crippen LogP contribution in [0.1, 0.15) is 36.3 Å². The number of H-pyrrole nitrogens is 1. The molecule has 21 heavy (non-hydrogen) atoms. The standard InChI is InChI=1S/C14H20N4O2S/c1-2-13(14-16-7-8-17-14)18-21(19,20)10-12-5-3-11(9-15)4-6-12/h3-8,13,18H,2,9-10,15H2,1H3,(H,16,17). The average Bonchev–Trinajstić information content (AvgIpc) is 2.99. The molecule has 1 aromatic heterocycles. The molecule has 1 heterocycles. The summed E-state index contributed by atoms with van der Waals surface area (Å²) in [4.78, 5) is 7.04. The van der Waals surface area contributed by atoms with Gasteiger partial charge in [-0.2, -0.15) is 0 Å². The number of hydrogen-bond donors (Lipinski definition) is 3. The molecule has 0 spiro atoms. The molecule has 7 heteroatoms. The number of rotatable bonds is 7. The SMILES string of the molecule is CCC(NS(=O)(=O)Cc1ccc(CN)cc1)c1ncc[nH]1. The van der Waals surface area contributed by atoms with E-state index in [4.69, 9.17) is 5.73 Å². The van der Waals surface area contributed by atoms with Crippen molar-refractivity contribution in [1.29, 1.82) is 0 Å². The van der Waals surface area contributed by atoms with Gasteiger partial charge in [-0.15, -0.1) is 0 Å². The summed E-state index contributed by atoms with van der Waals surface area (Å²) >= 11 is 0. The molecular weight excluding hydrogens is 288 g/mol. The second kappa shape index (κ2) is 6.84. The number of aromatic amines is 1. The minimum absolute atomic E-state index is 0.0605. The highest BCUT2D eigenvalue weighted by Gasteiger charge is 2.20. The zero-order chi connectivity index (χ0) is 15.3. The van der Waals surface area contributed by atoms with Crippen molar-refractivity contribution in [1.82, 2.24) is 14.7 Å². The molecule has 4 N–H and O–H groups in total. The molecule has 1 atom stereocenters. The Morgan fingerprint density at radius 1 is 1.29 bits per heavy atom. The lowest BCUT2D eigenvalue weighted by Crippen LogP contribution is -2.30. The predicted molar refractivity (Wildman–Crippen MR) is 81.7 cm³/mol. The highest BCUT2D eigenvalue weighted by Crippen LogP contribution is 2.15.